The third-order valence-corrected chi connectivity index (χ3v) is 4.17. The zero-order valence-electron chi connectivity index (χ0n) is 12.3. The van der Waals surface area contributed by atoms with Crippen LogP contribution in [0.5, 0.6) is 5.75 Å². The molecule has 2 nitrogen and oxygen atoms in total. The predicted molar refractivity (Wildman–Crippen MR) is 81.6 cm³/mol. The van der Waals surface area contributed by atoms with Crippen LogP contribution in [0.25, 0.3) is 0 Å². The fourth-order valence-electron chi connectivity index (χ4n) is 2.01. The van der Waals surface area contributed by atoms with Crippen LogP contribution in [0.4, 0.5) is 0 Å². The summed E-state index contributed by atoms with van der Waals surface area (Å²) in [6.45, 7) is 10.8. The molecule has 0 radical (unpaired) electrons. The summed E-state index contributed by atoms with van der Waals surface area (Å²) in [7, 11) is 1.71. The predicted octanol–water partition coefficient (Wildman–Crippen LogP) is 3.84. The van der Waals surface area contributed by atoms with Crippen molar-refractivity contribution in [1.82, 2.24) is 0 Å². The van der Waals surface area contributed by atoms with Crippen molar-refractivity contribution in [3.05, 3.63) is 28.8 Å². The fourth-order valence-corrected chi connectivity index (χ4v) is 2.85. The van der Waals surface area contributed by atoms with Gasteiger partial charge in [-0.25, -0.2) is 0 Å². The molecule has 0 saturated carbocycles. The van der Waals surface area contributed by atoms with Gasteiger partial charge >= 0.3 is 0 Å². The van der Waals surface area contributed by atoms with E-state index in [0.717, 1.165) is 17.1 Å². The minimum Gasteiger partial charge on any atom is -0.496 e. The number of benzene rings is 1. The van der Waals surface area contributed by atoms with E-state index in [9.17, 15) is 0 Å². The molecule has 102 valence electrons. The van der Waals surface area contributed by atoms with Gasteiger partial charge in [0.25, 0.3) is 0 Å². The van der Waals surface area contributed by atoms with Gasteiger partial charge in [-0.1, -0.05) is 26.8 Å². The van der Waals surface area contributed by atoms with E-state index in [1.807, 2.05) is 11.8 Å². The fraction of sp³-hybridized carbons (Fsp3) is 0.600. The highest BCUT2D eigenvalue weighted by atomic mass is 32.2. The number of hydrogen-bond acceptors (Lipinski definition) is 3. The Morgan fingerprint density at radius 1 is 1.28 bits per heavy atom. The maximum absolute atomic E-state index is 6.33. The molecule has 0 aromatic heterocycles. The molecule has 0 heterocycles. The first-order valence-electron chi connectivity index (χ1n) is 6.29. The van der Waals surface area contributed by atoms with Crippen molar-refractivity contribution in [2.45, 2.75) is 45.4 Å². The van der Waals surface area contributed by atoms with E-state index < -0.39 is 0 Å². The van der Waals surface area contributed by atoms with E-state index in [1.165, 1.54) is 11.1 Å². The largest absolute Gasteiger partial charge is 0.496 e. The van der Waals surface area contributed by atoms with Gasteiger partial charge in [0.15, 0.2) is 0 Å². The number of thioether (sulfide) groups is 1. The zero-order valence-corrected chi connectivity index (χ0v) is 13.1. The topological polar surface area (TPSA) is 35.2 Å². The Balaban J connectivity index is 2.94. The van der Waals surface area contributed by atoms with Crippen LogP contribution < -0.4 is 10.5 Å². The summed E-state index contributed by atoms with van der Waals surface area (Å²) >= 11 is 1.89. The van der Waals surface area contributed by atoms with E-state index in [1.54, 1.807) is 7.11 Å². The van der Waals surface area contributed by atoms with Gasteiger partial charge in [-0.15, -0.1) is 0 Å². The van der Waals surface area contributed by atoms with Crippen LogP contribution >= 0.6 is 11.8 Å². The molecular weight excluding hydrogens is 242 g/mol. The van der Waals surface area contributed by atoms with Gasteiger partial charge in [-0.2, -0.15) is 11.8 Å². The number of ether oxygens (including phenoxy) is 1. The SMILES string of the molecule is COc1cc(C)cc(C)c1C(N)CSC(C)(C)C. The van der Waals surface area contributed by atoms with E-state index in [0.29, 0.717) is 0 Å². The Morgan fingerprint density at radius 2 is 1.89 bits per heavy atom. The molecule has 1 aromatic carbocycles. The van der Waals surface area contributed by atoms with Crippen molar-refractivity contribution in [1.29, 1.82) is 0 Å². The highest BCUT2D eigenvalue weighted by molar-refractivity contribution is 8.00. The average Bonchev–Trinajstić information content (AvgIpc) is 2.23. The summed E-state index contributed by atoms with van der Waals surface area (Å²) in [4.78, 5) is 0. The molecule has 1 atom stereocenters. The Kier molecular flexibility index (Phi) is 5.11. The Morgan fingerprint density at radius 3 is 2.39 bits per heavy atom. The van der Waals surface area contributed by atoms with Crippen LogP contribution in [0.15, 0.2) is 12.1 Å². The van der Waals surface area contributed by atoms with E-state index in [2.05, 4.69) is 46.8 Å². The van der Waals surface area contributed by atoms with Crippen LogP contribution in [0, 0.1) is 13.8 Å². The van der Waals surface area contributed by atoms with Crippen molar-refractivity contribution >= 4 is 11.8 Å². The monoisotopic (exact) mass is 267 g/mol. The number of methoxy groups -OCH3 is 1. The molecule has 1 unspecified atom stereocenters. The van der Waals surface area contributed by atoms with Crippen molar-refractivity contribution in [3.8, 4) is 5.75 Å². The molecule has 0 aliphatic carbocycles. The number of rotatable bonds is 4. The van der Waals surface area contributed by atoms with Crippen molar-refractivity contribution in [3.63, 3.8) is 0 Å². The zero-order chi connectivity index (χ0) is 13.9. The van der Waals surface area contributed by atoms with Gasteiger partial charge in [0.2, 0.25) is 0 Å². The van der Waals surface area contributed by atoms with E-state index in [-0.39, 0.29) is 10.8 Å². The van der Waals surface area contributed by atoms with Crippen molar-refractivity contribution < 1.29 is 4.74 Å². The van der Waals surface area contributed by atoms with Gasteiger partial charge in [0.1, 0.15) is 5.75 Å². The van der Waals surface area contributed by atoms with Gasteiger partial charge in [0, 0.05) is 22.1 Å². The molecule has 0 bridgehead atoms. The Bertz CT molecular complexity index is 410. The molecule has 0 aliphatic rings. The number of nitrogens with two attached hydrogens (primary N) is 1. The number of hydrogen-bond donors (Lipinski definition) is 1. The molecular formula is C15H25NOS. The molecule has 1 rings (SSSR count). The van der Waals surface area contributed by atoms with Gasteiger partial charge in [-0.3, -0.25) is 0 Å². The van der Waals surface area contributed by atoms with Gasteiger partial charge in [-0.05, 0) is 31.0 Å². The molecule has 2 N–H and O–H groups in total. The molecule has 0 spiro atoms. The molecule has 0 saturated heterocycles. The second-order valence-electron chi connectivity index (χ2n) is 5.73. The first kappa shape index (κ1) is 15.4. The molecule has 0 amide bonds. The van der Waals surface area contributed by atoms with Crippen LogP contribution in [0.3, 0.4) is 0 Å². The third kappa shape index (κ3) is 4.21. The summed E-state index contributed by atoms with van der Waals surface area (Å²) in [5, 5.41) is 0. The summed E-state index contributed by atoms with van der Waals surface area (Å²) in [6, 6.07) is 4.24. The summed E-state index contributed by atoms with van der Waals surface area (Å²) < 4.78 is 5.71. The molecule has 1 aromatic rings. The normalized spacial score (nSPS) is 13.5. The first-order chi connectivity index (χ1) is 8.24. The van der Waals surface area contributed by atoms with Gasteiger partial charge in [0.05, 0.1) is 7.11 Å². The van der Waals surface area contributed by atoms with Crippen molar-refractivity contribution in [2.75, 3.05) is 12.9 Å². The second kappa shape index (κ2) is 5.98. The number of aryl methyl sites for hydroxylation is 2. The van der Waals surface area contributed by atoms with Crippen LogP contribution in [-0.4, -0.2) is 17.6 Å². The second-order valence-corrected chi connectivity index (χ2v) is 7.57. The Labute approximate surface area is 115 Å². The summed E-state index contributed by atoms with van der Waals surface area (Å²) in [5.41, 5.74) is 9.90. The molecule has 3 heteroatoms. The average molecular weight is 267 g/mol. The third-order valence-electron chi connectivity index (χ3n) is 2.78. The summed E-state index contributed by atoms with van der Waals surface area (Å²) in [5.74, 6) is 1.82. The first-order valence-corrected chi connectivity index (χ1v) is 7.28. The van der Waals surface area contributed by atoms with Crippen LogP contribution in [0.2, 0.25) is 0 Å². The minimum atomic E-state index is 0.0183. The highest BCUT2D eigenvalue weighted by Crippen LogP contribution is 2.33. The lowest BCUT2D eigenvalue weighted by molar-refractivity contribution is 0.406. The maximum Gasteiger partial charge on any atom is 0.124 e. The quantitative estimate of drug-likeness (QED) is 0.900. The lowest BCUT2D eigenvalue weighted by Gasteiger charge is -2.23. The molecule has 18 heavy (non-hydrogen) atoms. The lowest BCUT2D eigenvalue weighted by Crippen LogP contribution is -2.19. The van der Waals surface area contributed by atoms with E-state index >= 15 is 0 Å². The lowest BCUT2D eigenvalue weighted by atomic mass is 9.99. The van der Waals surface area contributed by atoms with Crippen LogP contribution in [0.1, 0.15) is 43.5 Å². The van der Waals surface area contributed by atoms with E-state index in [4.69, 9.17) is 10.5 Å². The minimum absolute atomic E-state index is 0.0183. The summed E-state index contributed by atoms with van der Waals surface area (Å²) in [6.07, 6.45) is 0. The standard InChI is InChI=1S/C15H25NOS/c1-10-7-11(2)14(13(8-10)17-6)12(16)9-18-15(3,4)5/h7-8,12H,9,16H2,1-6H3. The Hall–Kier alpha value is -0.670. The smallest absolute Gasteiger partial charge is 0.124 e. The molecule has 0 fully saturated rings. The van der Waals surface area contributed by atoms with Crippen molar-refractivity contribution in [2.24, 2.45) is 5.73 Å². The van der Waals surface area contributed by atoms with Crippen LogP contribution in [-0.2, 0) is 0 Å². The van der Waals surface area contributed by atoms with Gasteiger partial charge < -0.3 is 10.5 Å². The highest BCUT2D eigenvalue weighted by Gasteiger charge is 2.19. The maximum atomic E-state index is 6.33. The molecule has 0 aliphatic heterocycles.